The number of carbonyl (C=O) groups excluding carboxylic acids is 1. The summed E-state index contributed by atoms with van der Waals surface area (Å²) in [6, 6.07) is 21.1. The van der Waals surface area contributed by atoms with Gasteiger partial charge in [0.25, 0.3) is 0 Å². The minimum atomic E-state index is -3.12. The Labute approximate surface area is 182 Å². The van der Waals surface area contributed by atoms with Crippen LogP contribution in [0, 0.1) is 0 Å². The molecule has 1 atom stereocenters. The second-order valence-corrected chi connectivity index (χ2v) is 10.00. The highest BCUT2D eigenvalue weighted by Crippen LogP contribution is 2.25. The summed E-state index contributed by atoms with van der Waals surface area (Å²) in [5.74, 6) is 0.696. The van der Waals surface area contributed by atoms with E-state index >= 15 is 0 Å². The SMILES string of the molecule is COc1ccc(/C=C/C(=O)N(Cc2cccc3ccccc23)[C@@H]2CCS(=O)(=O)C2)cc1. The van der Waals surface area contributed by atoms with Crippen LogP contribution in [0.4, 0.5) is 0 Å². The molecule has 0 spiro atoms. The summed E-state index contributed by atoms with van der Waals surface area (Å²) >= 11 is 0. The number of methoxy groups -OCH3 is 1. The normalized spacial score (nSPS) is 17.8. The first kappa shape index (κ1) is 21.1. The molecule has 1 amide bonds. The smallest absolute Gasteiger partial charge is 0.247 e. The minimum absolute atomic E-state index is 0.0138. The molecule has 5 nitrogen and oxygen atoms in total. The molecule has 160 valence electrons. The number of hydrogen-bond acceptors (Lipinski definition) is 4. The van der Waals surface area contributed by atoms with Gasteiger partial charge in [-0.05, 0) is 46.5 Å². The average Bonchev–Trinajstić information content (AvgIpc) is 3.15. The Morgan fingerprint density at radius 3 is 2.52 bits per heavy atom. The van der Waals surface area contributed by atoms with Gasteiger partial charge in [-0.25, -0.2) is 8.42 Å². The Hall–Kier alpha value is -3.12. The van der Waals surface area contributed by atoms with E-state index in [0.717, 1.165) is 27.6 Å². The summed E-state index contributed by atoms with van der Waals surface area (Å²) < 4.78 is 29.4. The van der Waals surface area contributed by atoms with Crippen molar-refractivity contribution in [1.82, 2.24) is 4.90 Å². The van der Waals surface area contributed by atoms with Crippen molar-refractivity contribution in [2.24, 2.45) is 0 Å². The fourth-order valence-electron chi connectivity index (χ4n) is 4.00. The van der Waals surface area contributed by atoms with Crippen molar-refractivity contribution >= 4 is 32.6 Å². The number of rotatable bonds is 6. The van der Waals surface area contributed by atoms with Crippen LogP contribution in [-0.2, 0) is 21.2 Å². The van der Waals surface area contributed by atoms with Gasteiger partial charge in [0.15, 0.2) is 9.84 Å². The Balaban J connectivity index is 1.62. The second-order valence-electron chi connectivity index (χ2n) is 7.77. The molecule has 0 saturated carbocycles. The molecule has 0 aromatic heterocycles. The molecule has 0 bridgehead atoms. The van der Waals surface area contributed by atoms with Gasteiger partial charge in [-0.1, -0.05) is 54.6 Å². The molecule has 0 radical (unpaired) electrons. The van der Waals surface area contributed by atoms with Crippen molar-refractivity contribution in [2.75, 3.05) is 18.6 Å². The predicted molar refractivity (Wildman–Crippen MR) is 124 cm³/mol. The van der Waals surface area contributed by atoms with E-state index in [1.54, 1.807) is 18.1 Å². The highest BCUT2D eigenvalue weighted by atomic mass is 32.2. The van der Waals surface area contributed by atoms with Gasteiger partial charge in [0.1, 0.15) is 5.75 Å². The van der Waals surface area contributed by atoms with Crippen LogP contribution in [-0.4, -0.2) is 43.9 Å². The van der Waals surface area contributed by atoms with Gasteiger partial charge in [0.05, 0.1) is 18.6 Å². The van der Waals surface area contributed by atoms with E-state index in [9.17, 15) is 13.2 Å². The largest absolute Gasteiger partial charge is 0.497 e. The molecule has 0 N–H and O–H groups in total. The fourth-order valence-corrected chi connectivity index (χ4v) is 5.73. The summed E-state index contributed by atoms with van der Waals surface area (Å²) in [6.07, 6.45) is 3.74. The van der Waals surface area contributed by atoms with Crippen molar-refractivity contribution in [3.8, 4) is 5.75 Å². The van der Waals surface area contributed by atoms with Crippen LogP contribution in [0.1, 0.15) is 17.5 Å². The molecule has 31 heavy (non-hydrogen) atoms. The number of hydrogen-bond donors (Lipinski definition) is 0. The fraction of sp³-hybridized carbons (Fsp3) is 0.240. The lowest BCUT2D eigenvalue weighted by Gasteiger charge is -2.28. The summed E-state index contributed by atoms with van der Waals surface area (Å²) in [4.78, 5) is 14.9. The molecule has 4 rings (SSSR count). The lowest BCUT2D eigenvalue weighted by Crippen LogP contribution is -2.39. The Kier molecular flexibility index (Phi) is 6.09. The van der Waals surface area contributed by atoms with Crippen molar-refractivity contribution in [3.05, 3.63) is 83.9 Å². The molecule has 3 aromatic carbocycles. The zero-order valence-electron chi connectivity index (χ0n) is 17.4. The average molecular weight is 436 g/mol. The van der Waals surface area contributed by atoms with E-state index in [1.165, 1.54) is 6.08 Å². The zero-order chi connectivity index (χ0) is 21.8. The maximum absolute atomic E-state index is 13.2. The minimum Gasteiger partial charge on any atom is -0.497 e. The van der Waals surface area contributed by atoms with Crippen molar-refractivity contribution in [2.45, 2.75) is 19.0 Å². The van der Waals surface area contributed by atoms with Crippen LogP contribution in [0.5, 0.6) is 5.75 Å². The maximum atomic E-state index is 13.2. The zero-order valence-corrected chi connectivity index (χ0v) is 18.2. The highest BCUT2D eigenvalue weighted by molar-refractivity contribution is 7.91. The molecular formula is C25H25NO4S. The van der Waals surface area contributed by atoms with Crippen LogP contribution in [0.3, 0.4) is 0 Å². The third-order valence-corrected chi connectivity index (χ3v) is 7.44. The summed E-state index contributed by atoms with van der Waals surface area (Å²) in [5, 5.41) is 2.17. The van der Waals surface area contributed by atoms with Crippen molar-refractivity contribution in [3.63, 3.8) is 0 Å². The number of benzene rings is 3. The Bertz CT molecular complexity index is 1210. The van der Waals surface area contributed by atoms with Crippen LogP contribution in [0.25, 0.3) is 16.8 Å². The number of sulfone groups is 1. The standard InChI is InChI=1S/C25H25NO4S/c1-30-23-12-9-19(10-13-23)11-14-25(27)26(22-15-16-31(28,29)18-22)17-21-7-4-6-20-5-2-3-8-24(20)21/h2-14,22H,15-18H2,1H3/b14-11+/t22-/m1/s1. The van der Waals surface area contributed by atoms with E-state index in [2.05, 4.69) is 0 Å². The molecule has 0 unspecified atom stereocenters. The van der Waals surface area contributed by atoms with E-state index < -0.39 is 9.84 Å². The number of nitrogens with zero attached hydrogens (tertiary/aromatic N) is 1. The number of carbonyl (C=O) groups is 1. The Morgan fingerprint density at radius 1 is 1.06 bits per heavy atom. The van der Waals surface area contributed by atoms with Gasteiger partial charge in [-0.3, -0.25) is 4.79 Å². The van der Waals surface area contributed by atoms with E-state index in [0.29, 0.717) is 13.0 Å². The molecule has 1 heterocycles. The molecule has 3 aromatic rings. The highest BCUT2D eigenvalue weighted by Gasteiger charge is 2.34. The monoisotopic (exact) mass is 435 g/mol. The maximum Gasteiger partial charge on any atom is 0.247 e. The van der Waals surface area contributed by atoms with Gasteiger partial charge in [0.2, 0.25) is 5.91 Å². The van der Waals surface area contributed by atoms with Gasteiger partial charge >= 0.3 is 0 Å². The molecule has 0 aliphatic carbocycles. The van der Waals surface area contributed by atoms with Crippen molar-refractivity contribution < 1.29 is 17.9 Å². The van der Waals surface area contributed by atoms with Gasteiger partial charge in [0, 0.05) is 18.7 Å². The van der Waals surface area contributed by atoms with Crippen LogP contribution >= 0.6 is 0 Å². The van der Waals surface area contributed by atoms with Crippen LogP contribution < -0.4 is 4.74 Å². The first-order valence-electron chi connectivity index (χ1n) is 10.2. The Morgan fingerprint density at radius 2 is 1.81 bits per heavy atom. The van der Waals surface area contributed by atoms with Gasteiger partial charge < -0.3 is 9.64 Å². The summed E-state index contributed by atoms with van der Waals surface area (Å²) in [7, 11) is -1.51. The van der Waals surface area contributed by atoms with Crippen LogP contribution in [0.15, 0.2) is 72.8 Å². The van der Waals surface area contributed by atoms with Crippen LogP contribution in [0.2, 0.25) is 0 Å². The second kappa shape index (κ2) is 8.94. The van der Waals surface area contributed by atoms with E-state index in [4.69, 9.17) is 4.74 Å². The molecule has 1 saturated heterocycles. The quantitative estimate of drug-likeness (QED) is 0.548. The lowest BCUT2D eigenvalue weighted by molar-refractivity contribution is -0.128. The topological polar surface area (TPSA) is 63.7 Å². The molecule has 1 aliphatic rings. The molecule has 1 fully saturated rings. The summed E-state index contributed by atoms with van der Waals surface area (Å²) in [6.45, 7) is 0.368. The van der Waals surface area contributed by atoms with E-state index in [-0.39, 0.29) is 23.5 Å². The molecular weight excluding hydrogens is 410 g/mol. The predicted octanol–water partition coefficient (Wildman–Crippen LogP) is 4.08. The third kappa shape index (κ3) is 4.97. The number of amides is 1. The number of fused-ring (bicyclic) bond motifs is 1. The van der Waals surface area contributed by atoms with Crippen molar-refractivity contribution in [1.29, 1.82) is 0 Å². The van der Waals surface area contributed by atoms with Gasteiger partial charge in [-0.15, -0.1) is 0 Å². The molecule has 6 heteroatoms. The van der Waals surface area contributed by atoms with Gasteiger partial charge in [-0.2, -0.15) is 0 Å². The van der Waals surface area contributed by atoms with E-state index in [1.807, 2.05) is 66.7 Å². The first-order valence-corrected chi connectivity index (χ1v) is 12.1. The number of ether oxygens (including phenoxy) is 1. The summed E-state index contributed by atoms with van der Waals surface area (Å²) in [5.41, 5.74) is 1.88. The lowest BCUT2D eigenvalue weighted by atomic mass is 10.0. The molecule has 1 aliphatic heterocycles. The third-order valence-electron chi connectivity index (χ3n) is 5.69. The first-order chi connectivity index (χ1) is 14.9.